The molecular formula is C12H26. The second kappa shape index (κ2) is 10.7. The summed E-state index contributed by atoms with van der Waals surface area (Å²) >= 11 is 0. The molecule has 0 bridgehead atoms. The van der Waals surface area contributed by atoms with Crippen molar-refractivity contribution in [1.29, 1.82) is 0 Å². The quantitative estimate of drug-likeness (QED) is 0.526. The second-order valence-corrected chi connectivity index (χ2v) is 3.37. The lowest BCUT2D eigenvalue weighted by Gasteiger charge is -2.02. The van der Waals surface area contributed by atoms with Crippen LogP contribution in [0.15, 0.2) is 11.1 Å². The highest BCUT2D eigenvalue weighted by atomic mass is 14.0. The van der Waals surface area contributed by atoms with Crippen LogP contribution in [0.3, 0.4) is 0 Å². The molecule has 0 fully saturated rings. The lowest BCUT2D eigenvalue weighted by atomic mass is 10.1. The smallest absolute Gasteiger partial charge is 0.0323 e. The van der Waals surface area contributed by atoms with Gasteiger partial charge in [0, 0.05) is 0 Å². The van der Waals surface area contributed by atoms with Crippen LogP contribution in [0, 0.1) is 0 Å². The Bertz CT molecular complexity index is 109. The van der Waals surface area contributed by atoms with Gasteiger partial charge in [0.1, 0.15) is 0 Å². The molecule has 0 atom stereocenters. The summed E-state index contributed by atoms with van der Waals surface area (Å²) in [5.74, 6) is 0. The van der Waals surface area contributed by atoms with Crippen LogP contribution in [0.5, 0.6) is 0 Å². The van der Waals surface area contributed by atoms with Gasteiger partial charge in [-0.25, -0.2) is 0 Å². The van der Waals surface area contributed by atoms with E-state index in [0.717, 1.165) is 0 Å². The Kier molecular flexibility index (Phi) is 12.8. The maximum Gasteiger partial charge on any atom is -0.0323 e. The molecule has 0 saturated carbocycles. The Morgan fingerprint density at radius 1 is 0.833 bits per heavy atom. The van der Waals surface area contributed by atoms with Crippen LogP contribution in [0.1, 0.15) is 67.2 Å². The van der Waals surface area contributed by atoms with Gasteiger partial charge in [-0.1, -0.05) is 51.7 Å². The highest BCUT2D eigenvalue weighted by Gasteiger charge is 1.91. The molecule has 0 heteroatoms. The minimum absolute atomic E-state index is 1.21. The summed E-state index contributed by atoms with van der Waals surface area (Å²) < 4.78 is 0. The third-order valence-electron chi connectivity index (χ3n) is 1.88. The fraction of sp³-hybridized carbons (Fsp3) is 0.833. The van der Waals surface area contributed by atoms with Gasteiger partial charge < -0.3 is 0 Å². The van der Waals surface area contributed by atoms with Crippen LogP contribution in [-0.4, -0.2) is 0 Å². The van der Waals surface area contributed by atoms with Gasteiger partial charge in [0.25, 0.3) is 0 Å². The Labute approximate surface area is 79.1 Å². The minimum Gasteiger partial charge on any atom is -0.0747 e. The summed E-state index contributed by atoms with van der Waals surface area (Å²) in [4.78, 5) is 0. The van der Waals surface area contributed by atoms with E-state index in [0.29, 0.717) is 0 Å². The van der Waals surface area contributed by atoms with Gasteiger partial charge in [0.15, 0.2) is 0 Å². The van der Waals surface area contributed by atoms with Gasteiger partial charge in [-0.15, -0.1) is 0 Å². The molecule has 0 heterocycles. The summed E-state index contributed by atoms with van der Waals surface area (Å²) in [6, 6.07) is 0. The monoisotopic (exact) mass is 170 g/mol. The highest BCUT2D eigenvalue weighted by Crippen LogP contribution is 2.11. The van der Waals surface area contributed by atoms with Crippen molar-refractivity contribution >= 4 is 0 Å². The molecule has 0 unspecified atom stereocenters. The van der Waals surface area contributed by atoms with Crippen molar-refractivity contribution < 1.29 is 0 Å². The Morgan fingerprint density at radius 3 is 1.50 bits per heavy atom. The normalized spacial score (nSPS) is 11.5. The Balaban J connectivity index is 0. The molecule has 0 nitrogen and oxygen atoms in total. The highest BCUT2D eigenvalue weighted by molar-refractivity contribution is 5.08. The molecule has 0 aliphatic rings. The van der Waals surface area contributed by atoms with E-state index in [9.17, 15) is 0 Å². The summed E-state index contributed by atoms with van der Waals surface area (Å²) in [5.41, 5.74) is 3.15. The molecule has 0 N–H and O–H groups in total. The largest absolute Gasteiger partial charge is 0.0747 e. The van der Waals surface area contributed by atoms with E-state index < -0.39 is 0 Å². The summed E-state index contributed by atoms with van der Waals surface area (Å²) in [5, 5.41) is 0. The lowest BCUT2D eigenvalue weighted by molar-refractivity contribution is 0.874. The summed E-state index contributed by atoms with van der Waals surface area (Å²) in [6.45, 7) is 13.2. The molecule has 0 rings (SSSR count). The maximum atomic E-state index is 2.24. The molecule has 74 valence electrons. The van der Waals surface area contributed by atoms with Crippen LogP contribution in [-0.2, 0) is 0 Å². The molecule has 12 heavy (non-hydrogen) atoms. The first-order chi connectivity index (χ1) is 5.63. The third-order valence-corrected chi connectivity index (χ3v) is 1.88. The number of hydrogen-bond donors (Lipinski definition) is 0. The van der Waals surface area contributed by atoms with Crippen LogP contribution in [0.2, 0.25) is 0 Å². The van der Waals surface area contributed by atoms with Crippen molar-refractivity contribution in [2.75, 3.05) is 0 Å². The summed E-state index contributed by atoms with van der Waals surface area (Å²) in [7, 11) is 0. The topological polar surface area (TPSA) is 0 Å². The van der Waals surface area contributed by atoms with Crippen LogP contribution >= 0.6 is 0 Å². The molecule has 0 aliphatic heterocycles. The fourth-order valence-corrected chi connectivity index (χ4v) is 0.890. The van der Waals surface area contributed by atoms with Crippen molar-refractivity contribution in [3.05, 3.63) is 11.1 Å². The zero-order valence-corrected chi connectivity index (χ0v) is 9.83. The fourth-order valence-electron chi connectivity index (χ4n) is 0.890. The van der Waals surface area contributed by atoms with Gasteiger partial charge >= 0.3 is 0 Å². The second-order valence-electron chi connectivity index (χ2n) is 3.37. The van der Waals surface area contributed by atoms with Gasteiger partial charge in [0.05, 0.1) is 0 Å². The SMILES string of the molecule is CCC.CCC/C(C)=C(/C)CC. The van der Waals surface area contributed by atoms with Crippen molar-refractivity contribution in [2.24, 2.45) is 0 Å². The van der Waals surface area contributed by atoms with Crippen molar-refractivity contribution in [2.45, 2.75) is 67.2 Å². The standard InChI is InChI=1S/C9H18.C3H8/c1-5-7-9(4)8(3)6-2;1-3-2/h5-7H2,1-4H3;3H2,1-2H3/b9-8-;. The van der Waals surface area contributed by atoms with Crippen LogP contribution < -0.4 is 0 Å². The van der Waals surface area contributed by atoms with E-state index >= 15 is 0 Å². The van der Waals surface area contributed by atoms with E-state index in [-0.39, 0.29) is 0 Å². The Morgan fingerprint density at radius 2 is 1.25 bits per heavy atom. The van der Waals surface area contributed by atoms with Crippen LogP contribution in [0.25, 0.3) is 0 Å². The van der Waals surface area contributed by atoms with Crippen LogP contribution in [0.4, 0.5) is 0 Å². The molecule has 0 radical (unpaired) electrons. The number of allylic oxidation sites excluding steroid dienone is 2. The molecule has 0 amide bonds. The first kappa shape index (κ1) is 14.3. The van der Waals surface area contributed by atoms with Gasteiger partial charge in [-0.3, -0.25) is 0 Å². The molecule has 0 aliphatic carbocycles. The Hall–Kier alpha value is -0.260. The van der Waals surface area contributed by atoms with Gasteiger partial charge in [0.2, 0.25) is 0 Å². The number of hydrogen-bond acceptors (Lipinski definition) is 0. The average Bonchev–Trinajstić information content (AvgIpc) is 2.05. The molecule has 0 saturated heterocycles. The van der Waals surface area contributed by atoms with Crippen molar-refractivity contribution in [3.63, 3.8) is 0 Å². The van der Waals surface area contributed by atoms with E-state index in [1.54, 1.807) is 11.1 Å². The van der Waals surface area contributed by atoms with E-state index in [1.165, 1.54) is 25.7 Å². The van der Waals surface area contributed by atoms with E-state index in [2.05, 4.69) is 41.5 Å². The third kappa shape index (κ3) is 9.74. The zero-order valence-electron chi connectivity index (χ0n) is 9.83. The van der Waals surface area contributed by atoms with Gasteiger partial charge in [-0.05, 0) is 26.7 Å². The number of rotatable bonds is 3. The average molecular weight is 170 g/mol. The molecule has 0 aromatic rings. The van der Waals surface area contributed by atoms with Crippen molar-refractivity contribution in [3.8, 4) is 0 Å². The predicted molar refractivity (Wildman–Crippen MR) is 59.5 cm³/mol. The predicted octanol–water partition coefficient (Wildman–Crippen LogP) is 4.95. The minimum atomic E-state index is 1.21. The van der Waals surface area contributed by atoms with E-state index in [4.69, 9.17) is 0 Å². The molecular weight excluding hydrogens is 144 g/mol. The first-order valence-corrected chi connectivity index (χ1v) is 5.29. The van der Waals surface area contributed by atoms with Crippen molar-refractivity contribution in [1.82, 2.24) is 0 Å². The molecule has 0 aromatic carbocycles. The lowest BCUT2D eigenvalue weighted by Crippen LogP contribution is -1.81. The molecule has 0 spiro atoms. The summed E-state index contributed by atoms with van der Waals surface area (Å²) in [6.07, 6.45) is 5.02. The van der Waals surface area contributed by atoms with Gasteiger partial charge in [-0.2, -0.15) is 0 Å². The van der Waals surface area contributed by atoms with E-state index in [1.807, 2.05) is 0 Å². The zero-order chi connectivity index (χ0) is 9.98. The first-order valence-electron chi connectivity index (χ1n) is 5.29. The maximum absolute atomic E-state index is 2.24. The molecule has 0 aromatic heterocycles.